The van der Waals surface area contributed by atoms with E-state index in [1.165, 1.54) is 63.9 Å². The molecule has 1 fully saturated rings. The fourth-order valence-electron chi connectivity index (χ4n) is 6.27. The number of phosphoric ester groups is 1. The minimum absolute atomic E-state index is 0.256. The molecule has 0 bridgehead atoms. The van der Waals surface area contributed by atoms with Crippen molar-refractivity contribution in [1.29, 1.82) is 0 Å². The van der Waals surface area contributed by atoms with Crippen molar-refractivity contribution in [3.63, 3.8) is 0 Å². The van der Waals surface area contributed by atoms with E-state index in [0.29, 0.717) is 19.3 Å². The lowest BCUT2D eigenvalue weighted by molar-refractivity contribution is -0.220. The smallest absolute Gasteiger partial charge is 0.393 e. The lowest BCUT2D eigenvalue weighted by Gasteiger charge is -2.41. The molecule has 8 atom stereocenters. The average Bonchev–Trinajstić information content (AvgIpc) is 3.14. The number of nitrogens with one attached hydrogen (secondary N) is 1. The first-order valence-electron chi connectivity index (χ1n) is 20.5. The molecule has 14 heteroatoms. The van der Waals surface area contributed by atoms with Gasteiger partial charge in [0.1, 0.15) is 36.6 Å². The van der Waals surface area contributed by atoms with Gasteiger partial charge >= 0.3 is 7.82 Å². The van der Waals surface area contributed by atoms with Crippen LogP contribution in [0.3, 0.4) is 0 Å². The molecular weight excluding hydrogens is 717 g/mol. The first kappa shape index (κ1) is 50.5. The summed E-state index contributed by atoms with van der Waals surface area (Å²) in [5.41, 5.74) is 0. The van der Waals surface area contributed by atoms with Crippen molar-refractivity contribution in [2.45, 2.75) is 204 Å². The Morgan fingerprint density at radius 3 is 1.63 bits per heavy atom. The van der Waals surface area contributed by atoms with Crippen molar-refractivity contribution in [2.24, 2.45) is 0 Å². The van der Waals surface area contributed by atoms with Gasteiger partial charge < -0.3 is 46.0 Å². The molecule has 1 saturated carbocycles. The van der Waals surface area contributed by atoms with Crippen LogP contribution in [0.15, 0.2) is 36.5 Å². The third-order valence-corrected chi connectivity index (χ3v) is 10.7. The van der Waals surface area contributed by atoms with Crippen molar-refractivity contribution in [1.82, 2.24) is 5.32 Å². The van der Waals surface area contributed by atoms with Crippen molar-refractivity contribution in [3.8, 4) is 0 Å². The van der Waals surface area contributed by atoms with E-state index in [1.807, 2.05) is 0 Å². The number of carbonyl (C=O) groups excluding carboxylic acids is 1. The number of aliphatic hydroxyl groups is 7. The minimum Gasteiger partial charge on any atom is -0.393 e. The largest absolute Gasteiger partial charge is 0.472 e. The van der Waals surface area contributed by atoms with Crippen molar-refractivity contribution >= 4 is 13.7 Å². The van der Waals surface area contributed by atoms with E-state index in [0.717, 1.165) is 51.4 Å². The summed E-state index contributed by atoms with van der Waals surface area (Å²) in [5.74, 6) is -0.613. The van der Waals surface area contributed by atoms with Gasteiger partial charge in [-0.1, -0.05) is 134 Å². The molecule has 0 aliphatic heterocycles. The molecule has 1 aliphatic carbocycles. The van der Waals surface area contributed by atoms with Crippen LogP contribution in [0.1, 0.15) is 149 Å². The Hall–Kier alpha value is -1.48. The quantitative estimate of drug-likeness (QED) is 0.0237. The number of carbonyl (C=O) groups is 1. The van der Waals surface area contributed by atoms with E-state index in [2.05, 4.69) is 43.5 Å². The van der Waals surface area contributed by atoms with Gasteiger partial charge in [0.15, 0.2) is 0 Å². The molecule has 316 valence electrons. The first-order chi connectivity index (χ1) is 25.8. The Morgan fingerprint density at radius 2 is 1.09 bits per heavy atom. The van der Waals surface area contributed by atoms with Gasteiger partial charge in [-0.2, -0.15) is 0 Å². The van der Waals surface area contributed by atoms with Crippen LogP contribution in [-0.4, -0.2) is 108 Å². The maximum Gasteiger partial charge on any atom is 0.472 e. The van der Waals surface area contributed by atoms with Crippen molar-refractivity contribution in [2.75, 3.05) is 6.61 Å². The van der Waals surface area contributed by atoms with Gasteiger partial charge in [-0.05, 0) is 44.9 Å². The zero-order valence-corrected chi connectivity index (χ0v) is 33.8. The minimum atomic E-state index is -5.14. The Bertz CT molecular complexity index is 1080. The van der Waals surface area contributed by atoms with Gasteiger partial charge in [0.05, 0.1) is 31.3 Å². The molecule has 1 aliphatic rings. The van der Waals surface area contributed by atoms with Crippen LogP contribution in [0.25, 0.3) is 0 Å². The molecule has 0 saturated heterocycles. The topological polar surface area (TPSA) is 226 Å². The number of amides is 1. The van der Waals surface area contributed by atoms with Gasteiger partial charge in [0, 0.05) is 0 Å². The number of unbranched alkanes of at least 4 members (excludes halogenated alkanes) is 15. The third kappa shape index (κ3) is 22.9. The predicted octanol–water partition coefficient (Wildman–Crippen LogP) is 5.41. The van der Waals surface area contributed by atoms with Crippen LogP contribution in [0.5, 0.6) is 0 Å². The maximum absolute atomic E-state index is 12.9. The zero-order valence-electron chi connectivity index (χ0n) is 32.9. The lowest BCUT2D eigenvalue weighted by Crippen LogP contribution is -2.64. The highest BCUT2D eigenvalue weighted by Crippen LogP contribution is 2.47. The molecule has 0 heterocycles. The van der Waals surface area contributed by atoms with Crippen LogP contribution in [-0.2, 0) is 18.4 Å². The Kier molecular flexibility index (Phi) is 28.7. The normalized spacial score (nSPS) is 25.0. The molecule has 13 nitrogen and oxygen atoms in total. The standard InChI is InChI=1S/C40H74NO12P/c1-3-5-7-9-11-12-13-14-15-16-17-18-19-20-22-24-26-28-33(43)32(41-34(44)29-31(42)27-25-23-21-10-8-6-4-2)30-52-54(50,51)53-40-38(48)36(46)35(45)37(47)39(40)49/h15-16,19-20,26,28,31-33,35-40,42-43,45-49H,3-14,17-18,21-25,27,29-30H2,1-2H3,(H,41,44)(H,50,51)/b16-15+,20-19+,28-26+. The number of hydrogen-bond donors (Lipinski definition) is 9. The van der Waals surface area contributed by atoms with Gasteiger partial charge in [-0.15, -0.1) is 0 Å². The zero-order chi connectivity index (χ0) is 40.2. The molecule has 0 aromatic carbocycles. The highest BCUT2D eigenvalue weighted by atomic mass is 31.2. The van der Waals surface area contributed by atoms with E-state index >= 15 is 0 Å². The summed E-state index contributed by atoms with van der Waals surface area (Å²) in [6.45, 7) is 3.63. The van der Waals surface area contributed by atoms with Gasteiger partial charge in [0.2, 0.25) is 5.91 Å². The summed E-state index contributed by atoms with van der Waals surface area (Å²) >= 11 is 0. The first-order valence-corrected chi connectivity index (χ1v) is 22.0. The second-order valence-corrected chi connectivity index (χ2v) is 16.1. The van der Waals surface area contributed by atoms with Crippen LogP contribution in [0, 0.1) is 0 Å². The summed E-state index contributed by atoms with van der Waals surface area (Å²) in [5, 5.41) is 74.0. The number of rotatable bonds is 32. The second kappa shape index (κ2) is 30.6. The van der Waals surface area contributed by atoms with Crippen LogP contribution in [0.4, 0.5) is 0 Å². The average molecular weight is 792 g/mol. The van der Waals surface area contributed by atoms with Gasteiger partial charge in [-0.25, -0.2) is 4.57 Å². The Balaban J connectivity index is 2.66. The van der Waals surface area contributed by atoms with E-state index in [4.69, 9.17) is 9.05 Å². The highest BCUT2D eigenvalue weighted by Gasteiger charge is 2.51. The number of phosphoric acid groups is 1. The van der Waals surface area contributed by atoms with Crippen LogP contribution >= 0.6 is 7.82 Å². The molecule has 0 aromatic rings. The Labute approximate surface area is 324 Å². The molecule has 1 amide bonds. The van der Waals surface area contributed by atoms with Crippen molar-refractivity contribution < 1.29 is 59.0 Å². The van der Waals surface area contributed by atoms with E-state index < -0.39 is 75.2 Å². The monoisotopic (exact) mass is 791 g/mol. The lowest BCUT2D eigenvalue weighted by atomic mass is 9.85. The maximum atomic E-state index is 12.9. The Morgan fingerprint density at radius 1 is 0.648 bits per heavy atom. The molecular formula is C40H74NO12P. The molecule has 0 radical (unpaired) electrons. The van der Waals surface area contributed by atoms with E-state index in [1.54, 1.807) is 6.08 Å². The van der Waals surface area contributed by atoms with E-state index in [-0.39, 0.29) is 6.42 Å². The summed E-state index contributed by atoms with van der Waals surface area (Å²) in [6.07, 6.45) is 18.5. The van der Waals surface area contributed by atoms with Crippen LogP contribution < -0.4 is 5.32 Å². The SMILES string of the molecule is CCCCCCCCC/C=C/CC/C=C/CC/C=C/C(O)C(COP(=O)(O)OC1C(O)C(O)C(O)C(O)C1O)NC(=O)CC(O)CCCCCCCCC. The number of aliphatic hydroxyl groups excluding tert-OH is 7. The summed E-state index contributed by atoms with van der Waals surface area (Å²) in [4.78, 5) is 23.2. The molecule has 54 heavy (non-hydrogen) atoms. The molecule has 0 spiro atoms. The van der Waals surface area contributed by atoms with Gasteiger partial charge in [0.25, 0.3) is 0 Å². The second-order valence-electron chi connectivity index (χ2n) is 14.7. The van der Waals surface area contributed by atoms with Crippen LogP contribution in [0.2, 0.25) is 0 Å². The summed E-state index contributed by atoms with van der Waals surface area (Å²) in [6, 6.07) is -1.26. The third-order valence-electron chi connectivity index (χ3n) is 9.71. The van der Waals surface area contributed by atoms with Gasteiger partial charge in [-0.3, -0.25) is 13.8 Å². The highest BCUT2D eigenvalue weighted by molar-refractivity contribution is 7.47. The van der Waals surface area contributed by atoms with E-state index in [9.17, 15) is 50.0 Å². The van der Waals surface area contributed by atoms with Crippen molar-refractivity contribution in [3.05, 3.63) is 36.5 Å². The predicted molar refractivity (Wildman–Crippen MR) is 210 cm³/mol. The summed E-state index contributed by atoms with van der Waals surface area (Å²) in [7, 11) is -5.14. The molecule has 9 N–H and O–H groups in total. The summed E-state index contributed by atoms with van der Waals surface area (Å²) < 4.78 is 22.7. The number of hydrogen-bond acceptors (Lipinski definition) is 11. The fourth-order valence-corrected chi connectivity index (χ4v) is 7.24. The molecule has 1 rings (SSSR count). The fraction of sp³-hybridized carbons (Fsp3) is 0.825. The molecule has 8 unspecified atom stereocenters. The molecule has 0 aromatic heterocycles. The number of allylic oxidation sites excluding steroid dienone is 5.